The molecule has 0 atom stereocenters. The van der Waals surface area contributed by atoms with Crippen molar-refractivity contribution in [2.45, 2.75) is 6.42 Å². The van der Waals surface area contributed by atoms with Crippen LogP contribution in [0.1, 0.15) is 15.9 Å². The number of para-hydroxylation sites is 1. The molecule has 0 radical (unpaired) electrons. The number of hydrogen-bond acceptors (Lipinski definition) is 3. The van der Waals surface area contributed by atoms with Crippen LogP contribution in [0.3, 0.4) is 0 Å². The molecule has 6 nitrogen and oxygen atoms in total. The Morgan fingerprint density at radius 2 is 1.96 bits per heavy atom. The summed E-state index contributed by atoms with van der Waals surface area (Å²) in [7, 11) is 1.48. The largest absolute Gasteiger partial charge is 0.493 e. The lowest BCUT2D eigenvalue weighted by atomic mass is 10.1. The van der Waals surface area contributed by atoms with Gasteiger partial charge in [-0.15, -0.1) is 0 Å². The van der Waals surface area contributed by atoms with Gasteiger partial charge in [-0.3, -0.25) is 4.79 Å². The van der Waals surface area contributed by atoms with E-state index in [1.54, 1.807) is 36.4 Å². The van der Waals surface area contributed by atoms with E-state index in [4.69, 9.17) is 22.1 Å². The van der Waals surface area contributed by atoms with E-state index in [0.29, 0.717) is 35.0 Å². The maximum absolute atomic E-state index is 12.0. The first-order valence-corrected chi connectivity index (χ1v) is 7.65. The number of halogens is 1. The van der Waals surface area contributed by atoms with Crippen molar-refractivity contribution >= 4 is 29.2 Å². The van der Waals surface area contributed by atoms with E-state index in [-0.39, 0.29) is 6.03 Å². The number of primary amides is 1. The van der Waals surface area contributed by atoms with Crippen molar-refractivity contribution in [3.8, 4) is 5.75 Å². The molecule has 0 saturated carbocycles. The van der Waals surface area contributed by atoms with Crippen molar-refractivity contribution in [3.05, 3.63) is 58.6 Å². The Hall–Kier alpha value is -2.73. The maximum Gasteiger partial charge on any atom is 0.319 e. The van der Waals surface area contributed by atoms with Crippen molar-refractivity contribution in [2.75, 3.05) is 19.0 Å². The second-order valence-corrected chi connectivity index (χ2v) is 5.42. The summed E-state index contributed by atoms with van der Waals surface area (Å²) in [6, 6.07) is 11.7. The summed E-state index contributed by atoms with van der Waals surface area (Å²) in [6.07, 6.45) is 0.571. The summed E-state index contributed by atoms with van der Waals surface area (Å²) in [5.41, 5.74) is 7.08. The number of nitrogens with two attached hydrogens (primary N) is 1. The Morgan fingerprint density at radius 3 is 2.67 bits per heavy atom. The van der Waals surface area contributed by atoms with Gasteiger partial charge in [-0.25, -0.2) is 4.79 Å². The highest BCUT2D eigenvalue weighted by molar-refractivity contribution is 6.32. The SMILES string of the molecule is COc1c(Cl)cccc1NC(=O)NCCc1cccc(C(N)=O)c1. The summed E-state index contributed by atoms with van der Waals surface area (Å²) in [4.78, 5) is 23.1. The molecule has 3 amide bonds. The van der Waals surface area contributed by atoms with E-state index in [1.165, 1.54) is 7.11 Å². The first-order chi connectivity index (χ1) is 11.5. The van der Waals surface area contributed by atoms with E-state index in [2.05, 4.69) is 10.6 Å². The van der Waals surface area contributed by atoms with Crippen molar-refractivity contribution in [1.29, 1.82) is 0 Å². The maximum atomic E-state index is 12.0. The average Bonchev–Trinajstić information content (AvgIpc) is 2.55. The van der Waals surface area contributed by atoms with Crippen molar-refractivity contribution in [3.63, 3.8) is 0 Å². The Morgan fingerprint density at radius 1 is 1.21 bits per heavy atom. The van der Waals surface area contributed by atoms with Crippen LogP contribution in [0.4, 0.5) is 10.5 Å². The second kappa shape index (κ2) is 8.21. The molecule has 126 valence electrons. The molecular weight excluding hydrogens is 330 g/mol. The van der Waals surface area contributed by atoms with E-state index < -0.39 is 5.91 Å². The minimum absolute atomic E-state index is 0.373. The van der Waals surface area contributed by atoms with Crippen LogP contribution in [0.25, 0.3) is 0 Å². The zero-order valence-electron chi connectivity index (χ0n) is 13.1. The summed E-state index contributed by atoms with van der Waals surface area (Å²) in [6.45, 7) is 0.400. The van der Waals surface area contributed by atoms with Crippen LogP contribution in [-0.4, -0.2) is 25.6 Å². The zero-order valence-corrected chi connectivity index (χ0v) is 13.9. The monoisotopic (exact) mass is 347 g/mol. The van der Waals surface area contributed by atoms with Gasteiger partial charge >= 0.3 is 6.03 Å². The van der Waals surface area contributed by atoms with E-state index in [9.17, 15) is 9.59 Å². The lowest BCUT2D eigenvalue weighted by molar-refractivity contribution is 0.1000. The normalized spacial score (nSPS) is 10.1. The zero-order chi connectivity index (χ0) is 17.5. The number of anilines is 1. The highest BCUT2D eigenvalue weighted by atomic mass is 35.5. The quantitative estimate of drug-likeness (QED) is 0.750. The van der Waals surface area contributed by atoms with Crippen LogP contribution in [0.5, 0.6) is 5.75 Å². The minimum Gasteiger partial charge on any atom is -0.493 e. The smallest absolute Gasteiger partial charge is 0.319 e. The fourth-order valence-corrected chi connectivity index (χ4v) is 2.43. The molecule has 24 heavy (non-hydrogen) atoms. The Bertz CT molecular complexity index is 750. The minimum atomic E-state index is -0.476. The van der Waals surface area contributed by atoms with Gasteiger partial charge < -0.3 is 21.1 Å². The molecule has 4 N–H and O–H groups in total. The molecule has 0 bridgehead atoms. The Labute approximate surface area is 144 Å². The molecule has 0 spiro atoms. The van der Waals surface area contributed by atoms with Crippen LogP contribution in [0.15, 0.2) is 42.5 Å². The average molecular weight is 348 g/mol. The molecule has 2 aromatic rings. The van der Waals surface area contributed by atoms with Gasteiger partial charge in [0.25, 0.3) is 0 Å². The number of benzene rings is 2. The molecule has 0 aliphatic heterocycles. The molecule has 0 aliphatic carbocycles. The van der Waals surface area contributed by atoms with E-state index in [1.807, 2.05) is 6.07 Å². The highest BCUT2D eigenvalue weighted by Gasteiger charge is 2.10. The molecule has 0 unspecified atom stereocenters. The molecule has 0 aromatic heterocycles. The predicted octanol–water partition coefficient (Wildman–Crippen LogP) is 2.81. The summed E-state index contributed by atoms with van der Waals surface area (Å²) >= 11 is 6.00. The van der Waals surface area contributed by atoms with Crippen LogP contribution in [0.2, 0.25) is 5.02 Å². The van der Waals surface area contributed by atoms with E-state index in [0.717, 1.165) is 5.56 Å². The number of amides is 3. The predicted molar refractivity (Wildman–Crippen MR) is 93.7 cm³/mol. The van der Waals surface area contributed by atoms with Crippen LogP contribution in [0, 0.1) is 0 Å². The lowest BCUT2D eigenvalue weighted by Crippen LogP contribution is -2.30. The van der Waals surface area contributed by atoms with Gasteiger partial charge in [-0.05, 0) is 36.2 Å². The Kier molecular flexibility index (Phi) is 6.03. The molecule has 2 aromatic carbocycles. The standard InChI is InChI=1S/C17H18ClN3O3/c1-24-15-13(18)6-3-7-14(15)21-17(23)20-9-8-11-4-2-5-12(10-11)16(19)22/h2-7,10H,8-9H2,1H3,(H2,19,22)(H2,20,21,23). The van der Waals surface area contributed by atoms with Crippen molar-refractivity contribution in [1.82, 2.24) is 5.32 Å². The number of nitrogens with one attached hydrogen (secondary N) is 2. The van der Waals surface area contributed by atoms with Crippen molar-refractivity contribution < 1.29 is 14.3 Å². The number of carbonyl (C=O) groups is 2. The van der Waals surface area contributed by atoms with Crippen LogP contribution in [-0.2, 0) is 6.42 Å². The number of hydrogen-bond donors (Lipinski definition) is 3. The molecule has 0 aliphatic rings. The van der Waals surface area contributed by atoms with E-state index >= 15 is 0 Å². The number of urea groups is 1. The summed E-state index contributed by atoms with van der Waals surface area (Å²) in [5.74, 6) is -0.0703. The molecule has 0 saturated heterocycles. The summed E-state index contributed by atoms with van der Waals surface area (Å²) in [5, 5.41) is 5.83. The number of ether oxygens (including phenoxy) is 1. The molecule has 0 heterocycles. The molecule has 2 rings (SSSR count). The van der Waals surface area contributed by atoms with Crippen LogP contribution < -0.4 is 21.1 Å². The number of carbonyl (C=O) groups excluding carboxylic acids is 2. The first-order valence-electron chi connectivity index (χ1n) is 7.27. The fourth-order valence-electron chi connectivity index (χ4n) is 2.18. The van der Waals surface area contributed by atoms with Gasteiger partial charge in [-0.1, -0.05) is 29.8 Å². The second-order valence-electron chi connectivity index (χ2n) is 5.02. The molecular formula is C17H18ClN3O3. The van der Waals surface area contributed by atoms with Gasteiger partial charge in [0.15, 0.2) is 5.75 Å². The third-order valence-corrected chi connectivity index (χ3v) is 3.63. The van der Waals surface area contributed by atoms with Gasteiger partial charge in [0, 0.05) is 12.1 Å². The third-order valence-electron chi connectivity index (χ3n) is 3.33. The number of methoxy groups -OCH3 is 1. The van der Waals surface area contributed by atoms with Gasteiger partial charge in [0.1, 0.15) is 0 Å². The molecule has 7 heteroatoms. The van der Waals surface area contributed by atoms with Crippen LogP contribution >= 0.6 is 11.6 Å². The van der Waals surface area contributed by atoms with Gasteiger partial charge in [-0.2, -0.15) is 0 Å². The van der Waals surface area contributed by atoms with Gasteiger partial charge in [0.05, 0.1) is 17.8 Å². The fraction of sp³-hybridized carbons (Fsp3) is 0.176. The molecule has 0 fully saturated rings. The first kappa shape index (κ1) is 17.6. The summed E-state index contributed by atoms with van der Waals surface area (Å²) < 4.78 is 5.17. The van der Waals surface area contributed by atoms with Crippen molar-refractivity contribution in [2.24, 2.45) is 5.73 Å². The topological polar surface area (TPSA) is 93.4 Å². The number of rotatable bonds is 6. The third kappa shape index (κ3) is 4.63. The Balaban J connectivity index is 1.89. The highest BCUT2D eigenvalue weighted by Crippen LogP contribution is 2.32. The van der Waals surface area contributed by atoms with Gasteiger partial charge in [0.2, 0.25) is 5.91 Å². The lowest BCUT2D eigenvalue weighted by Gasteiger charge is -2.12.